The van der Waals surface area contributed by atoms with Gasteiger partial charge in [0.15, 0.2) is 0 Å². The molecule has 0 saturated carbocycles. The fourth-order valence-corrected chi connectivity index (χ4v) is 3.52. The van der Waals surface area contributed by atoms with E-state index in [4.69, 9.17) is 9.62 Å². The molecule has 20 heavy (non-hydrogen) atoms. The number of rotatable bonds is 7. The average Bonchev–Trinajstić information content (AvgIpc) is 2.37. The molecule has 0 aliphatic heterocycles. The van der Waals surface area contributed by atoms with Gasteiger partial charge in [-0.05, 0) is 37.1 Å². The molecule has 7 heteroatoms. The molecule has 0 saturated heterocycles. The van der Waals surface area contributed by atoms with Gasteiger partial charge >= 0.3 is 0 Å². The Morgan fingerprint density at radius 1 is 1.15 bits per heavy atom. The van der Waals surface area contributed by atoms with E-state index in [1.807, 2.05) is 0 Å². The lowest BCUT2D eigenvalue weighted by Gasteiger charge is -2.20. The van der Waals surface area contributed by atoms with Crippen molar-refractivity contribution in [1.82, 2.24) is 4.31 Å². The van der Waals surface area contributed by atoms with Crippen LogP contribution in [0.2, 0.25) is 0 Å². The van der Waals surface area contributed by atoms with Crippen LogP contribution < -0.4 is 4.74 Å². The van der Waals surface area contributed by atoms with E-state index in [2.05, 4.69) is 4.89 Å². The number of aryl methyl sites for hydroxylation is 2. The molecule has 1 aromatic rings. The number of benzene rings is 1. The highest BCUT2D eigenvalue weighted by atomic mass is 32.2. The first-order valence-electron chi connectivity index (χ1n) is 6.11. The van der Waals surface area contributed by atoms with E-state index in [0.717, 1.165) is 0 Å². The van der Waals surface area contributed by atoms with Gasteiger partial charge in [0, 0.05) is 13.6 Å². The molecule has 1 rings (SSSR count). The summed E-state index contributed by atoms with van der Waals surface area (Å²) >= 11 is 0. The molecule has 0 atom stereocenters. The van der Waals surface area contributed by atoms with E-state index < -0.39 is 10.0 Å². The smallest absolute Gasteiger partial charge is 0.243 e. The molecule has 1 aromatic carbocycles. The molecule has 0 bridgehead atoms. The summed E-state index contributed by atoms with van der Waals surface area (Å²) in [6.45, 7) is 3.88. The lowest BCUT2D eigenvalue weighted by molar-refractivity contribution is -0.272. The van der Waals surface area contributed by atoms with Gasteiger partial charge in [0.2, 0.25) is 10.0 Å². The molecular formula is C13H21NO5S. The SMILES string of the molecule is COOCCN(C)S(=O)(=O)c1c(C)cc(OC)cc1C. The number of likely N-dealkylation sites (N-methyl/N-ethyl adjacent to an activating group) is 1. The normalized spacial score (nSPS) is 11.9. The molecule has 114 valence electrons. The lowest BCUT2D eigenvalue weighted by atomic mass is 10.1. The van der Waals surface area contributed by atoms with Gasteiger partial charge in [0.25, 0.3) is 0 Å². The summed E-state index contributed by atoms with van der Waals surface area (Å²) in [5.41, 5.74) is 1.31. The minimum atomic E-state index is -3.56. The largest absolute Gasteiger partial charge is 0.497 e. The van der Waals surface area contributed by atoms with E-state index in [0.29, 0.717) is 21.8 Å². The first kappa shape index (κ1) is 16.9. The molecule has 0 aliphatic rings. The molecule has 0 heterocycles. The van der Waals surface area contributed by atoms with Crippen LogP contribution in [0.25, 0.3) is 0 Å². The predicted molar refractivity (Wildman–Crippen MR) is 75.2 cm³/mol. The highest BCUT2D eigenvalue weighted by molar-refractivity contribution is 7.89. The lowest BCUT2D eigenvalue weighted by Crippen LogP contribution is -2.31. The third kappa shape index (κ3) is 3.69. The Bertz CT molecular complexity index is 533. The van der Waals surface area contributed by atoms with E-state index in [1.165, 1.54) is 18.5 Å². The van der Waals surface area contributed by atoms with Crippen molar-refractivity contribution in [1.29, 1.82) is 0 Å². The molecule has 0 unspecified atom stereocenters. The monoisotopic (exact) mass is 303 g/mol. The maximum atomic E-state index is 12.6. The zero-order chi connectivity index (χ0) is 15.3. The van der Waals surface area contributed by atoms with Gasteiger partial charge in [0.05, 0.1) is 25.7 Å². The van der Waals surface area contributed by atoms with Crippen LogP contribution in [0.15, 0.2) is 17.0 Å². The molecule has 0 amide bonds. The number of hydrogen-bond acceptors (Lipinski definition) is 5. The third-order valence-corrected chi connectivity index (χ3v) is 5.11. The van der Waals surface area contributed by atoms with Crippen LogP contribution >= 0.6 is 0 Å². The highest BCUT2D eigenvalue weighted by Gasteiger charge is 2.25. The van der Waals surface area contributed by atoms with Crippen LogP contribution in [0.1, 0.15) is 11.1 Å². The Labute approximate surface area is 120 Å². The number of nitrogens with zero attached hydrogens (tertiary/aromatic N) is 1. The maximum absolute atomic E-state index is 12.6. The number of methoxy groups -OCH3 is 1. The molecule has 6 nitrogen and oxygen atoms in total. The highest BCUT2D eigenvalue weighted by Crippen LogP contribution is 2.27. The van der Waals surface area contributed by atoms with Crippen LogP contribution in [0.4, 0.5) is 0 Å². The van der Waals surface area contributed by atoms with Gasteiger partial charge in [-0.3, -0.25) is 0 Å². The molecular weight excluding hydrogens is 282 g/mol. The van der Waals surface area contributed by atoms with Gasteiger partial charge in [-0.15, -0.1) is 0 Å². The summed E-state index contributed by atoms with van der Waals surface area (Å²) < 4.78 is 31.5. The Morgan fingerprint density at radius 2 is 1.70 bits per heavy atom. The van der Waals surface area contributed by atoms with Crippen molar-refractivity contribution in [2.45, 2.75) is 18.7 Å². The van der Waals surface area contributed by atoms with Gasteiger partial charge < -0.3 is 4.74 Å². The maximum Gasteiger partial charge on any atom is 0.243 e. The second kappa shape index (κ2) is 7.03. The van der Waals surface area contributed by atoms with Crippen LogP contribution in [-0.2, 0) is 19.8 Å². The Balaban J connectivity index is 3.09. The zero-order valence-corrected chi connectivity index (χ0v) is 13.3. The third-order valence-electron chi connectivity index (χ3n) is 2.95. The number of ether oxygens (including phenoxy) is 1. The Hall–Kier alpha value is -1.15. The molecule has 0 aromatic heterocycles. The molecule has 0 fully saturated rings. The summed E-state index contributed by atoms with van der Waals surface area (Å²) in [6.07, 6.45) is 0. The van der Waals surface area contributed by atoms with Crippen LogP contribution in [-0.4, -0.2) is 47.1 Å². The summed E-state index contributed by atoms with van der Waals surface area (Å²) in [6, 6.07) is 3.42. The summed E-state index contributed by atoms with van der Waals surface area (Å²) in [5.74, 6) is 0.643. The molecule has 0 aliphatic carbocycles. The summed E-state index contributed by atoms with van der Waals surface area (Å²) in [7, 11) is 0.881. The van der Waals surface area contributed by atoms with E-state index in [-0.39, 0.29) is 13.2 Å². The van der Waals surface area contributed by atoms with Gasteiger partial charge in [-0.2, -0.15) is 4.31 Å². The molecule has 0 radical (unpaired) electrons. The van der Waals surface area contributed by atoms with Crippen molar-refractivity contribution in [3.8, 4) is 5.75 Å². The quantitative estimate of drug-likeness (QED) is 0.434. The Morgan fingerprint density at radius 3 is 2.15 bits per heavy atom. The van der Waals surface area contributed by atoms with Gasteiger partial charge in [0.1, 0.15) is 5.75 Å². The van der Waals surface area contributed by atoms with E-state index >= 15 is 0 Å². The van der Waals surface area contributed by atoms with Crippen LogP contribution in [0.3, 0.4) is 0 Å². The standard InChI is InChI=1S/C13H21NO5S/c1-10-8-12(17-4)9-11(2)13(10)20(15,16)14(3)6-7-19-18-5/h8-9H,6-7H2,1-5H3. The summed E-state index contributed by atoms with van der Waals surface area (Å²) in [4.78, 5) is 9.46. The predicted octanol–water partition coefficient (Wildman–Crippen LogP) is 1.51. The van der Waals surface area contributed by atoms with Gasteiger partial charge in [-0.1, -0.05) is 0 Å². The number of sulfonamides is 1. The van der Waals surface area contributed by atoms with Crippen molar-refractivity contribution < 1.29 is 22.9 Å². The van der Waals surface area contributed by atoms with E-state index in [1.54, 1.807) is 33.1 Å². The first-order valence-corrected chi connectivity index (χ1v) is 7.55. The van der Waals surface area contributed by atoms with Crippen molar-refractivity contribution in [2.24, 2.45) is 0 Å². The van der Waals surface area contributed by atoms with Crippen LogP contribution in [0, 0.1) is 13.8 Å². The van der Waals surface area contributed by atoms with Gasteiger partial charge in [-0.25, -0.2) is 18.2 Å². The van der Waals surface area contributed by atoms with Crippen molar-refractivity contribution >= 4 is 10.0 Å². The second-order valence-corrected chi connectivity index (χ2v) is 6.39. The van der Waals surface area contributed by atoms with Crippen molar-refractivity contribution in [3.63, 3.8) is 0 Å². The minimum Gasteiger partial charge on any atom is -0.497 e. The minimum absolute atomic E-state index is 0.167. The average molecular weight is 303 g/mol. The first-order chi connectivity index (χ1) is 9.34. The van der Waals surface area contributed by atoms with Crippen LogP contribution in [0.5, 0.6) is 5.75 Å². The summed E-state index contributed by atoms with van der Waals surface area (Å²) in [5, 5.41) is 0. The molecule has 0 N–H and O–H groups in total. The fourth-order valence-electron chi connectivity index (χ4n) is 1.96. The zero-order valence-electron chi connectivity index (χ0n) is 12.5. The second-order valence-electron chi connectivity index (χ2n) is 4.41. The Kier molecular flexibility index (Phi) is 5.94. The topological polar surface area (TPSA) is 65.1 Å². The molecule has 0 spiro atoms. The fraction of sp³-hybridized carbons (Fsp3) is 0.538. The van der Waals surface area contributed by atoms with Crippen molar-refractivity contribution in [3.05, 3.63) is 23.3 Å². The number of hydrogen-bond donors (Lipinski definition) is 0. The van der Waals surface area contributed by atoms with Crippen molar-refractivity contribution in [2.75, 3.05) is 34.4 Å². The van der Waals surface area contributed by atoms with E-state index in [9.17, 15) is 8.42 Å².